The van der Waals surface area contributed by atoms with E-state index in [2.05, 4.69) is 0 Å². The van der Waals surface area contributed by atoms with Crippen LogP contribution in [0.1, 0.15) is 33.1 Å². The summed E-state index contributed by atoms with van der Waals surface area (Å²) in [5, 5.41) is 0. The number of rotatable bonds is 1. The fourth-order valence-electron chi connectivity index (χ4n) is 2.20. The summed E-state index contributed by atoms with van der Waals surface area (Å²) >= 11 is 0. The van der Waals surface area contributed by atoms with Crippen molar-refractivity contribution in [1.29, 1.82) is 0 Å². The molecule has 1 nitrogen and oxygen atoms in total. The molecule has 0 aromatic carbocycles. The summed E-state index contributed by atoms with van der Waals surface area (Å²) < 4.78 is 37.3. The molecule has 82 valence electrons. The van der Waals surface area contributed by atoms with Crippen LogP contribution in [0.2, 0.25) is 0 Å². The van der Waals surface area contributed by atoms with Gasteiger partial charge in [-0.25, -0.2) is 0 Å². The lowest BCUT2D eigenvalue weighted by molar-refractivity contribution is -0.189. The van der Waals surface area contributed by atoms with Gasteiger partial charge in [-0.3, -0.25) is 4.79 Å². The zero-order valence-electron chi connectivity index (χ0n) is 8.40. The van der Waals surface area contributed by atoms with Crippen LogP contribution >= 0.6 is 0 Å². The Bertz CT molecular complexity index is 222. The number of carbonyl (C=O) groups excluding carboxylic acids is 1. The quantitative estimate of drug-likeness (QED) is 0.646. The molecule has 4 heteroatoms. The summed E-state index contributed by atoms with van der Waals surface area (Å²) in [5.41, 5.74) is 0. The highest BCUT2D eigenvalue weighted by Gasteiger charge is 2.44. The minimum Gasteiger partial charge on any atom is -0.300 e. The summed E-state index contributed by atoms with van der Waals surface area (Å²) in [6, 6.07) is 0. The number of carbonyl (C=O) groups is 1. The number of Topliss-reactive ketones (excluding diaryl/α,β-unsaturated/α-hetero) is 1. The number of halogens is 3. The van der Waals surface area contributed by atoms with Crippen LogP contribution in [-0.4, -0.2) is 12.0 Å². The Balaban J connectivity index is 2.68. The Labute approximate surface area is 81.7 Å². The van der Waals surface area contributed by atoms with Crippen LogP contribution in [0.3, 0.4) is 0 Å². The number of hydrogen-bond acceptors (Lipinski definition) is 1. The third-order valence-corrected chi connectivity index (χ3v) is 2.98. The van der Waals surface area contributed by atoms with Crippen molar-refractivity contribution >= 4 is 5.78 Å². The molecule has 0 radical (unpaired) electrons. The number of ketones is 1. The van der Waals surface area contributed by atoms with Crippen molar-refractivity contribution in [2.75, 3.05) is 0 Å². The van der Waals surface area contributed by atoms with Crippen LogP contribution in [0.15, 0.2) is 0 Å². The van der Waals surface area contributed by atoms with E-state index in [1.165, 1.54) is 6.92 Å². The third kappa shape index (κ3) is 2.72. The van der Waals surface area contributed by atoms with Gasteiger partial charge in [-0.2, -0.15) is 13.2 Å². The minimum atomic E-state index is -4.14. The van der Waals surface area contributed by atoms with Crippen LogP contribution in [-0.2, 0) is 4.79 Å². The zero-order chi connectivity index (χ0) is 10.9. The molecule has 0 aromatic heterocycles. The van der Waals surface area contributed by atoms with E-state index in [1.54, 1.807) is 6.92 Å². The fraction of sp³-hybridized carbons (Fsp3) is 0.900. The second-order valence-electron chi connectivity index (χ2n) is 4.36. The van der Waals surface area contributed by atoms with Crippen molar-refractivity contribution in [3.05, 3.63) is 0 Å². The summed E-state index contributed by atoms with van der Waals surface area (Å²) in [5.74, 6) is -1.76. The Kier molecular flexibility index (Phi) is 3.22. The molecule has 2 unspecified atom stereocenters. The van der Waals surface area contributed by atoms with Gasteiger partial charge < -0.3 is 0 Å². The molecule has 0 spiro atoms. The highest BCUT2D eigenvalue weighted by molar-refractivity contribution is 5.78. The van der Waals surface area contributed by atoms with E-state index in [1.807, 2.05) is 0 Å². The Morgan fingerprint density at radius 1 is 1.21 bits per heavy atom. The van der Waals surface area contributed by atoms with Gasteiger partial charge in [0, 0.05) is 5.92 Å². The van der Waals surface area contributed by atoms with Crippen molar-refractivity contribution < 1.29 is 18.0 Å². The minimum absolute atomic E-state index is 0.00396. The van der Waals surface area contributed by atoms with Crippen LogP contribution < -0.4 is 0 Å². The van der Waals surface area contributed by atoms with Crippen molar-refractivity contribution in [3.63, 3.8) is 0 Å². The largest absolute Gasteiger partial charge is 0.391 e. The van der Waals surface area contributed by atoms with Gasteiger partial charge in [0.25, 0.3) is 0 Å². The normalized spacial score (nSPS) is 34.2. The van der Waals surface area contributed by atoms with Gasteiger partial charge in [-0.1, -0.05) is 6.92 Å². The molecule has 1 fully saturated rings. The van der Waals surface area contributed by atoms with Gasteiger partial charge in [-0.05, 0) is 32.1 Å². The first-order valence-corrected chi connectivity index (χ1v) is 4.88. The van der Waals surface area contributed by atoms with Crippen molar-refractivity contribution in [2.45, 2.75) is 39.3 Å². The second-order valence-corrected chi connectivity index (χ2v) is 4.36. The summed E-state index contributed by atoms with van der Waals surface area (Å²) in [4.78, 5) is 11.0. The first-order chi connectivity index (χ1) is 6.30. The average Bonchev–Trinajstić information content (AvgIpc) is 2.01. The van der Waals surface area contributed by atoms with Gasteiger partial charge in [0.05, 0.1) is 5.92 Å². The molecule has 1 aliphatic carbocycles. The lowest BCUT2D eigenvalue weighted by Gasteiger charge is -2.33. The standard InChI is InChI=1S/C10H15F3O/c1-6-3-8(7(2)14)5-9(4-6)10(11,12)13/h6,8-9H,3-5H2,1-2H3/t6-,8?,9?/m0/s1. The lowest BCUT2D eigenvalue weighted by atomic mass is 9.74. The van der Waals surface area contributed by atoms with Crippen molar-refractivity contribution in [2.24, 2.45) is 17.8 Å². The van der Waals surface area contributed by atoms with E-state index in [4.69, 9.17) is 0 Å². The van der Waals surface area contributed by atoms with Crippen molar-refractivity contribution in [3.8, 4) is 0 Å². The molecular formula is C10H15F3O. The fourth-order valence-corrected chi connectivity index (χ4v) is 2.20. The van der Waals surface area contributed by atoms with Crippen LogP contribution in [0.25, 0.3) is 0 Å². The van der Waals surface area contributed by atoms with E-state index in [0.717, 1.165) is 0 Å². The Morgan fingerprint density at radius 2 is 1.79 bits per heavy atom. The number of alkyl halides is 3. The molecule has 1 rings (SSSR count). The summed E-state index contributed by atoms with van der Waals surface area (Å²) in [7, 11) is 0. The molecule has 0 N–H and O–H groups in total. The van der Waals surface area contributed by atoms with E-state index >= 15 is 0 Å². The van der Waals surface area contributed by atoms with Gasteiger partial charge >= 0.3 is 6.18 Å². The van der Waals surface area contributed by atoms with Gasteiger partial charge in [-0.15, -0.1) is 0 Å². The third-order valence-electron chi connectivity index (χ3n) is 2.98. The van der Waals surface area contributed by atoms with Gasteiger partial charge in [0.2, 0.25) is 0 Å². The maximum atomic E-state index is 12.4. The monoisotopic (exact) mass is 208 g/mol. The Morgan fingerprint density at radius 3 is 2.21 bits per heavy atom. The van der Waals surface area contributed by atoms with Crippen LogP contribution in [0.5, 0.6) is 0 Å². The van der Waals surface area contributed by atoms with E-state index < -0.39 is 12.1 Å². The molecule has 0 heterocycles. The maximum Gasteiger partial charge on any atom is 0.391 e. The second kappa shape index (κ2) is 3.91. The van der Waals surface area contributed by atoms with Crippen LogP contribution in [0, 0.1) is 17.8 Å². The predicted octanol–water partition coefficient (Wildman–Crippen LogP) is 3.19. The highest BCUT2D eigenvalue weighted by Crippen LogP contribution is 2.42. The van der Waals surface area contributed by atoms with E-state index in [0.29, 0.717) is 6.42 Å². The van der Waals surface area contributed by atoms with E-state index in [-0.39, 0.29) is 30.5 Å². The zero-order valence-corrected chi connectivity index (χ0v) is 8.40. The van der Waals surface area contributed by atoms with E-state index in [9.17, 15) is 18.0 Å². The molecule has 0 aromatic rings. The van der Waals surface area contributed by atoms with Crippen molar-refractivity contribution in [1.82, 2.24) is 0 Å². The summed E-state index contributed by atoms with van der Waals surface area (Å²) in [6.07, 6.45) is -3.36. The number of hydrogen-bond donors (Lipinski definition) is 0. The molecule has 1 aliphatic rings. The topological polar surface area (TPSA) is 17.1 Å². The molecule has 14 heavy (non-hydrogen) atoms. The molecule has 0 aliphatic heterocycles. The van der Waals surface area contributed by atoms with Gasteiger partial charge in [0.15, 0.2) is 0 Å². The SMILES string of the molecule is CC(=O)C1CC(C(F)(F)F)C[C@@H](C)C1. The first-order valence-electron chi connectivity index (χ1n) is 4.88. The lowest BCUT2D eigenvalue weighted by Crippen LogP contribution is -2.34. The molecule has 0 amide bonds. The molecule has 1 saturated carbocycles. The first kappa shape index (κ1) is 11.5. The van der Waals surface area contributed by atoms with Gasteiger partial charge in [0.1, 0.15) is 5.78 Å². The highest BCUT2D eigenvalue weighted by atomic mass is 19.4. The average molecular weight is 208 g/mol. The Hall–Kier alpha value is -0.540. The predicted molar refractivity (Wildman–Crippen MR) is 46.7 cm³/mol. The van der Waals surface area contributed by atoms with Crippen LogP contribution in [0.4, 0.5) is 13.2 Å². The summed E-state index contributed by atoms with van der Waals surface area (Å²) in [6.45, 7) is 3.17. The molecule has 0 bridgehead atoms. The smallest absolute Gasteiger partial charge is 0.300 e. The molecule has 3 atom stereocenters. The molecule has 0 saturated heterocycles. The maximum absolute atomic E-state index is 12.4. The molecular weight excluding hydrogens is 193 g/mol.